The van der Waals surface area contributed by atoms with Gasteiger partial charge in [0, 0.05) is 7.05 Å². The van der Waals surface area contributed by atoms with E-state index in [1.54, 1.807) is 12.1 Å². The Morgan fingerprint density at radius 3 is 2.04 bits per heavy atom. The quantitative estimate of drug-likeness (QED) is 0.804. The Morgan fingerprint density at radius 1 is 1.04 bits per heavy atom. The molecule has 0 fully saturated rings. The molecular weight excluding hydrogens is 350 g/mol. The number of sulfonamides is 1. The Kier molecular flexibility index (Phi) is 6.21. The van der Waals surface area contributed by atoms with E-state index >= 15 is 0 Å². The highest BCUT2D eigenvalue weighted by Crippen LogP contribution is 2.21. The summed E-state index contributed by atoms with van der Waals surface area (Å²) in [6.45, 7) is 6.02. The molecule has 0 aliphatic heterocycles. The van der Waals surface area contributed by atoms with Gasteiger partial charge < -0.3 is 5.11 Å². The van der Waals surface area contributed by atoms with Gasteiger partial charge in [-0.3, -0.25) is 4.79 Å². The van der Waals surface area contributed by atoms with Crippen LogP contribution in [0.2, 0.25) is 0 Å². The van der Waals surface area contributed by atoms with Gasteiger partial charge in [-0.1, -0.05) is 55.8 Å². The summed E-state index contributed by atoms with van der Waals surface area (Å²) >= 11 is 0. The number of hydrogen-bond donors (Lipinski definition) is 1. The maximum Gasteiger partial charge on any atom is 0.322 e. The lowest BCUT2D eigenvalue weighted by Gasteiger charge is -2.24. The summed E-state index contributed by atoms with van der Waals surface area (Å²) in [5.74, 6) is -0.792. The minimum atomic E-state index is -3.89. The van der Waals surface area contributed by atoms with Gasteiger partial charge in [0.2, 0.25) is 10.0 Å². The largest absolute Gasteiger partial charge is 0.480 e. The Labute approximate surface area is 155 Å². The van der Waals surface area contributed by atoms with Crippen molar-refractivity contribution in [3.63, 3.8) is 0 Å². The van der Waals surface area contributed by atoms with Crippen LogP contribution in [-0.4, -0.2) is 36.9 Å². The van der Waals surface area contributed by atoms with Crippen molar-refractivity contribution < 1.29 is 18.3 Å². The van der Waals surface area contributed by atoms with Gasteiger partial charge in [-0.05, 0) is 42.5 Å². The van der Waals surface area contributed by atoms with Gasteiger partial charge in [0.15, 0.2) is 0 Å². The van der Waals surface area contributed by atoms with E-state index in [4.69, 9.17) is 0 Å². The SMILES string of the molecule is Cc1ccc(S(=O)(=O)N(C)[C@H](Cc2ccc(C(C)C)cc2)C(=O)O)cc1. The summed E-state index contributed by atoms with van der Waals surface area (Å²) in [6.07, 6.45) is 0.106. The molecule has 5 nitrogen and oxygen atoms in total. The third-order valence-corrected chi connectivity index (χ3v) is 6.38. The molecule has 0 aliphatic carbocycles. The summed E-state index contributed by atoms with van der Waals surface area (Å²) in [6, 6.07) is 12.8. The van der Waals surface area contributed by atoms with Gasteiger partial charge in [-0.25, -0.2) is 8.42 Å². The van der Waals surface area contributed by atoms with Gasteiger partial charge in [-0.15, -0.1) is 0 Å². The number of carboxylic acids is 1. The second kappa shape index (κ2) is 8.01. The topological polar surface area (TPSA) is 74.7 Å². The van der Waals surface area contributed by atoms with Crippen molar-refractivity contribution in [1.29, 1.82) is 0 Å². The minimum absolute atomic E-state index is 0.0898. The zero-order valence-electron chi connectivity index (χ0n) is 15.5. The van der Waals surface area contributed by atoms with Crippen LogP contribution in [0.4, 0.5) is 0 Å². The van der Waals surface area contributed by atoms with Gasteiger partial charge in [0.1, 0.15) is 6.04 Å². The number of carbonyl (C=O) groups is 1. The molecule has 26 heavy (non-hydrogen) atoms. The smallest absolute Gasteiger partial charge is 0.322 e. The van der Waals surface area contributed by atoms with Crippen molar-refractivity contribution in [2.45, 2.75) is 44.0 Å². The molecule has 0 radical (unpaired) electrons. The molecular formula is C20H25NO4S. The third kappa shape index (κ3) is 4.51. The molecule has 0 saturated carbocycles. The Bertz CT molecular complexity index is 856. The lowest BCUT2D eigenvalue weighted by Crippen LogP contribution is -2.43. The number of rotatable bonds is 7. The predicted molar refractivity (Wildman–Crippen MR) is 102 cm³/mol. The lowest BCUT2D eigenvalue weighted by molar-refractivity contribution is -0.141. The monoisotopic (exact) mass is 375 g/mol. The van der Waals surface area contributed by atoms with Crippen LogP contribution in [0.25, 0.3) is 0 Å². The van der Waals surface area contributed by atoms with Crippen LogP contribution in [0, 0.1) is 6.92 Å². The third-order valence-electron chi connectivity index (χ3n) is 4.50. The van der Waals surface area contributed by atoms with E-state index in [0.717, 1.165) is 21.0 Å². The van der Waals surface area contributed by atoms with Crippen LogP contribution >= 0.6 is 0 Å². The molecule has 0 unspecified atom stereocenters. The van der Waals surface area contributed by atoms with Crippen molar-refractivity contribution in [2.75, 3.05) is 7.05 Å². The van der Waals surface area contributed by atoms with Crippen LogP contribution in [0.1, 0.15) is 36.5 Å². The van der Waals surface area contributed by atoms with Gasteiger partial charge in [0.25, 0.3) is 0 Å². The molecule has 1 N–H and O–H groups in total. The summed E-state index contributed by atoms with van der Waals surface area (Å²) in [4.78, 5) is 11.8. The molecule has 2 aromatic carbocycles. The van der Waals surface area contributed by atoms with Crippen LogP contribution in [0.15, 0.2) is 53.4 Å². The van der Waals surface area contributed by atoms with Crippen LogP contribution < -0.4 is 0 Å². The van der Waals surface area contributed by atoms with Crippen molar-refractivity contribution in [3.05, 3.63) is 65.2 Å². The molecule has 2 aromatic rings. The second-order valence-electron chi connectivity index (χ2n) is 6.79. The number of likely N-dealkylation sites (N-methyl/N-ethyl adjacent to an activating group) is 1. The maximum atomic E-state index is 12.8. The van der Waals surface area contributed by atoms with E-state index in [2.05, 4.69) is 13.8 Å². The molecule has 0 heterocycles. The maximum absolute atomic E-state index is 12.8. The van der Waals surface area contributed by atoms with Gasteiger partial charge in [-0.2, -0.15) is 4.31 Å². The van der Waals surface area contributed by atoms with Crippen molar-refractivity contribution >= 4 is 16.0 Å². The van der Waals surface area contributed by atoms with E-state index in [1.807, 2.05) is 31.2 Å². The average molecular weight is 375 g/mol. The number of hydrogen-bond acceptors (Lipinski definition) is 3. The zero-order valence-corrected chi connectivity index (χ0v) is 16.3. The van der Waals surface area contributed by atoms with Crippen molar-refractivity contribution in [2.24, 2.45) is 0 Å². The van der Waals surface area contributed by atoms with Crippen molar-refractivity contribution in [1.82, 2.24) is 4.31 Å². The highest BCUT2D eigenvalue weighted by atomic mass is 32.2. The van der Waals surface area contributed by atoms with E-state index in [0.29, 0.717) is 5.92 Å². The van der Waals surface area contributed by atoms with E-state index in [9.17, 15) is 18.3 Å². The first-order valence-electron chi connectivity index (χ1n) is 8.49. The highest BCUT2D eigenvalue weighted by molar-refractivity contribution is 7.89. The molecule has 0 spiro atoms. The highest BCUT2D eigenvalue weighted by Gasteiger charge is 2.32. The minimum Gasteiger partial charge on any atom is -0.480 e. The fourth-order valence-corrected chi connectivity index (χ4v) is 3.99. The zero-order chi connectivity index (χ0) is 19.5. The first-order valence-corrected chi connectivity index (χ1v) is 9.93. The molecule has 6 heteroatoms. The molecule has 0 aliphatic rings. The first kappa shape index (κ1) is 20.1. The molecule has 0 aromatic heterocycles. The second-order valence-corrected chi connectivity index (χ2v) is 8.79. The number of carboxylic acid groups (broad SMARTS) is 1. The Balaban J connectivity index is 2.28. The van der Waals surface area contributed by atoms with Crippen molar-refractivity contribution in [3.8, 4) is 0 Å². The van der Waals surface area contributed by atoms with Gasteiger partial charge >= 0.3 is 5.97 Å². The van der Waals surface area contributed by atoms with Crippen LogP contribution in [-0.2, 0) is 21.2 Å². The fourth-order valence-electron chi connectivity index (χ4n) is 2.68. The molecule has 0 bridgehead atoms. The standard InChI is InChI=1S/C20H25NO4S/c1-14(2)17-9-7-16(8-10-17)13-19(20(22)23)21(4)26(24,25)18-11-5-15(3)6-12-18/h5-12,14,19H,13H2,1-4H3,(H,22,23)/t19-/m1/s1. The van der Waals surface area contributed by atoms with E-state index < -0.39 is 22.0 Å². The molecule has 2 rings (SSSR count). The first-order chi connectivity index (χ1) is 12.1. The van der Waals surface area contributed by atoms with E-state index in [1.165, 1.54) is 19.2 Å². The summed E-state index contributed by atoms with van der Waals surface area (Å²) < 4.78 is 26.5. The molecule has 0 saturated heterocycles. The van der Waals surface area contributed by atoms with Gasteiger partial charge in [0.05, 0.1) is 4.90 Å². The molecule has 1 atom stereocenters. The Hall–Kier alpha value is -2.18. The summed E-state index contributed by atoms with van der Waals surface area (Å²) in [7, 11) is -2.57. The van der Waals surface area contributed by atoms with Crippen LogP contribution in [0.3, 0.4) is 0 Å². The Morgan fingerprint density at radius 2 is 1.58 bits per heavy atom. The molecule has 140 valence electrons. The number of nitrogens with zero attached hydrogens (tertiary/aromatic N) is 1. The summed E-state index contributed by atoms with van der Waals surface area (Å²) in [5.41, 5.74) is 2.88. The number of aryl methyl sites for hydroxylation is 1. The average Bonchev–Trinajstić information content (AvgIpc) is 2.59. The number of aliphatic carboxylic acids is 1. The summed E-state index contributed by atoms with van der Waals surface area (Å²) in [5, 5.41) is 9.60. The fraction of sp³-hybridized carbons (Fsp3) is 0.350. The predicted octanol–water partition coefficient (Wildman–Crippen LogP) is 3.43. The van der Waals surface area contributed by atoms with Crippen LogP contribution in [0.5, 0.6) is 0 Å². The lowest BCUT2D eigenvalue weighted by atomic mass is 9.99. The van der Waals surface area contributed by atoms with E-state index in [-0.39, 0.29) is 11.3 Å². The number of benzene rings is 2. The normalized spacial score (nSPS) is 13.2. The molecule has 0 amide bonds.